The van der Waals surface area contributed by atoms with Gasteiger partial charge in [-0.05, 0) is 24.3 Å². The molecule has 0 radical (unpaired) electrons. The van der Waals surface area contributed by atoms with Crippen LogP contribution in [0.4, 0.5) is 5.82 Å². The number of rotatable bonds is 6. The van der Waals surface area contributed by atoms with Crippen molar-refractivity contribution in [3.05, 3.63) is 60.7 Å². The second-order valence-electron chi connectivity index (χ2n) is 7.76. The zero-order valence-electron chi connectivity index (χ0n) is 17.3. The van der Waals surface area contributed by atoms with Gasteiger partial charge in [-0.15, -0.1) is 0 Å². The van der Waals surface area contributed by atoms with E-state index in [0.29, 0.717) is 11.6 Å². The van der Waals surface area contributed by atoms with Gasteiger partial charge >= 0.3 is 0 Å². The fourth-order valence-electron chi connectivity index (χ4n) is 2.64. The van der Waals surface area contributed by atoms with Crippen LogP contribution in [0, 0.1) is 0 Å². The molecule has 3 heterocycles. The standard InChI is InChI=1S/C20H24N6O3S/c1-20(2,3)16-12-18(26(24-16)17-9-5-6-11-22-17)23-19(27)14-25(4)30(28,29)15-8-7-10-21-13-15/h5-13H,14H2,1-4H3,(H,23,27). The predicted octanol–water partition coefficient (Wildman–Crippen LogP) is 2.22. The van der Waals surface area contributed by atoms with Crippen molar-refractivity contribution in [3.63, 3.8) is 0 Å². The van der Waals surface area contributed by atoms with E-state index in [4.69, 9.17) is 0 Å². The Bertz CT molecular complexity index is 1120. The minimum absolute atomic E-state index is 0.0221. The molecule has 0 aliphatic heterocycles. The van der Waals surface area contributed by atoms with Crippen molar-refractivity contribution < 1.29 is 13.2 Å². The molecule has 0 atom stereocenters. The molecule has 9 nitrogen and oxygen atoms in total. The van der Waals surface area contributed by atoms with Gasteiger partial charge in [-0.3, -0.25) is 9.78 Å². The number of aromatic nitrogens is 4. The SMILES string of the molecule is CN(CC(=O)Nc1cc(C(C)(C)C)nn1-c1ccccn1)S(=O)(=O)c1cccnc1. The molecule has 3 aromatic heterocycles. The van der Waals surface area contributed by atoms with Gasteiger partial charge in [0.2, 0.25) is 15.9 Å². The van der Waals surface area contributed by atoms with Crippen LogP contribution in [-0.4, -0.2) is 52.0 Å². The normalized spacial score (nSPS) is 12.2. The molecular formula is C20H24N6O3S. The van der Waals surface area contributed by atoms with E-state index in [1.165, 1.54) is 36.3 Å². The predicted molar refractivity (Wildman–Crippen MR) is 113 cm³/mol. The summed E-state index contributed by atoms with van der Waals surface area (Å²) in [6.45, 7) is 5.67. The third-order valence-corrected chi connectivity index (χ3v) is 6.11. The van der Waals surface area contributed by atoms with Gasteiger partial charge in [0.05, 0.1) is 12.2 Å². The first kappa shape index (κ1) is 21.6. The van der Waals surface area contributed by atoms with Gasteiger partial charge in [0.15, 0.2) is 5.82 Å². The molecule has 3 rings (SSSR count). The van der Waals surface area contributed by atoms with Crippen LogP contribution in [-0.2, 0) is 20.2 Å². The highest BCUT2D eigenvalue weighted by atomic mass is 32.2. The molecule has 0 spiro atoms. The van der Waals surface area contributed by atoms with Crippen molar-refractivity contribution in [3.8, 4) is 5.82 Å². The van der Waals surface area contributed by atoms with E-state index in [0.717, 1.165) is 10.00 Å². The van der Waals surface area contributed by atoms with Crippen molar-refractivity contribution in [2.75, 3.05) is 18.9 Å². The summed E-state index contributed by atoms with van der Waals surface area (Å²) in [5, 5.41) is 7.34. The number of anilines is 1. The quantitative estimate of drug-likeness (QED) is 0.645. The number of nitrogens with zero attached hydrogens (tertiary/aromatic N) is 5. The maximum absolute atomic E-state index is 12.6. The van der Waals surface area contributed by atoms with Crippen LogP contribution in [0.5, 0.6) is 0 Å². The molecule has 0 unspecified atom stereocenters. The monoisotopic (exact) mass is 428 g/mol. The summed E-state index contributed by atoms with van der Waals surface area (Å²) in [6, 6.07) is 10.1. The van der Waals surface area contributed by atoms with Crippen LogP contribution in [0.2, 0.25) is 0 Å². The smallest absolute Gasteiger partial charge is 0.244 e. The Labute approximate surface area is 175 Å². The topological polar surface area (TPSA) is 110 Å². The molecule has 3 aromatic rings. The third kappa shape index (κ3) is 4.71. The number of pyridine rings is 2. The van der Waals surface area contributed by atoms with Gasteiger partial charge in [-0.2, -0.15) is 14.1 Å². The average molecular weight is 429 g/mol. The van der Waals surface area contributed by atoms with E-state index < -0.39 is 15.9 Å². The van der Waals surface area contributed by atoms with Gasteiger partial charge < -0.3 is 5.32 Å². The fourth-order valence-corrected chi connectivity index (χ4v) is 3.73. The van der Waals surface area contributed by atoms with Crippen molar-refractivity contribution in [2.24, 2.45) is 0 Å². The third-order valence-electron chi connectivity index (χ3n) is 4.32. The molecule has 0 aliphatic carbocycles. The molecule has 0 saturated carbocycles. The fraction of sp³-hybridized carbons (Fsp3) is 0.300. The summed E-state index contributed by atoms with van der Waals surface area (Å²) in [5.41, 5.74) is 0.514. The Morgan fingerprint density at radius 2 is 1.93 bits per heavy atom. The van der Waals surface area contributed by atoms with Crippen LogP contribution >= 0.6 is 0 Å². The molecule has 30 heavy (non-hydrogen) atoms. The first-order valence-electron chi connectivity index (χ1n) is 9.27. The highest BCUT2D eigenvalue weighted by Crippen LogP contribution is 2.25. The van der Waals surface area contributed by atoms with Gasteiger partial charge in [0.25, 0.3) is 0 Å². The maximum atomic E-state index is 12.6. The minimum atomic E-state index is -3.83. The van der Waals surface area contributed by atoms with Crippen LogP contribution in [0.1, 0.15) is 26.5 Å². The number of carbonyl (C=O) groups is 1. The molecule has 10 heteroatoms. The lowest BCUT2D eigenvalue weighted by atomic mass is 9.92. The second kappa shape index (κ2) is 8.33. The van der Waals surface area contributed by atoms with Crippen molar-refractivity contribution >= 4 is 21.7 Å². The summed E-state index contributed by atoms with van der Waals surface area (Å²) in [4.78, 5) is 20.8. The molecule has 1 amide bonds. The summed E-state index contributed by atoms with van der Waals surface area (Å²) in [6.07, 6.45) is 4.36. The van der Waals surface area contributed by atoms with E-state index >= 15 is 0 Å². The number of carbonyl (C=O) groups excluding carboxylic acids is 1. The Hall–Kier alpha value is -3.11. The first-order chi connectivity index (χ1) is 14.1. The van der Waals surface area contributed by atoms with Gasteiger partial charge in [0, 0.05) is 37.1 Å². The zero-order valence-corrected chi connectivity index (χ0v) is 18.1. The van der Waals surface area contributed by atoms with Crippen LogP contribution in [0.3, 0.4) is 0 Å². The number of sulfonamides is 1. The van der Waals surface area contributed by atoms with E-state index in [1.807, 2.05) is 26.8 Å². The lowest BCUT2D eigenvalue weighted by Gasteiger charge is -2.16. The summed E-state index contributed by atoms with van der Waals surface area (Å²) in [7, 11) is -2.49. The maximum Gasteiger partial charge on any atom is 0.244 e. The summed E-state index contributed by atoms with van der Waals surface area (Å²) >= 11 is 0. The number of hydrogen-bond donors (Lipinski definition) is 1. The lowest BCUT2D eigenvalue weighted by Crippen LogP contribution is -2.35. The molecule has 0 saturated heterocycles. The molecule has 0 bridgehead atoms. The van der Waals surface area contributed by atoms with Crippen LogP contribution in [0.25, 0.3) is 5.82 Å². The number of amides is 1. The number of nitrogens with one attached hydrogen (secondary N) is 1. The Kier molecular flexibility index (Phi) is 5.99. The van der Waals surface area contributed by atoms with Gasteiger partial charge in [-0.25, -0.2) is 13.4 Å². The number of likely N-dealkylation sites (N-methyl/N-ethyl adjacent to an activating group) is 1. The molecule has 158 valence electrons. The summed E-state index contributed by atoms with van der Waals surface area (Å²) < 4.78 is 27.8. The molecule has 0 aliphatic rings. The average Bonchev–Trinajstić information content (AvgIpc) is 3.13. The lowest BCUT2D eigenvalue weighted by molar-refractivity contribution is -0.116. The van der Waals surface area contributed by atoms with E-state index in [-0.39, 0.29) is 16.9 Å². The van der Waals surface area contributed by atoms with Gasteiger partial charge in [-0.1, -0.05) is 26.8 Å². The Morgan fingerprint density at radius 1 is 1.17 bits per heavy atom. The second-order valence-corrected chi connectivity index (χ2v) is 9.81. The zero-order chi connectivity index (χ0) is 21.9. The number of hydrogen-bond acceptors (Lipinski definition) is 6. The Morgan fingerprint density at radius 3 is 2.53 bits per heavy atom. The van der Waals surface area contributed by atoms with E-state index in [1.54, 1.807) is 24.4 Å². The largest absolute Gasteiger partial charge is 0.309 e. The van der Waals surface area contributed by atoms with E-state index in [9.17, 15) is 13.2 Å². The van der Waals surface area contributed by atoms with E-state index in [2.05, 4.69) is 20.4 Å². The highest BCUT2D eigenvalue weighted by Gasteiger charge is 2.25. The summed E-state index contributed by atoms with van der Waals surface area (Å²) in [5.74, 6) is 0.456. The van der Waals surface area contributed by atoms with Crippen molar-refractivity contribution in [1.82, 2.24) is 24.1 Å². The van der Waals surface area contributed by atoms with Crippen LogP contribution in [0.15, 0.2) is 59.9 Å². The Balaban J connectivity index is 1.83. The first-order valence-corrected chi connectivity index (χ1v) is 10.7. The van der Waals surface area contributed by atoms with Crippen LogP contribution < -0.4 is 5.32 Å². The minimum Gasteiger partial charge on any atom is -0.309 e. The molecule has 0 fully saturated rings. The molecular weight excluding hydrogens is 404 g/mol. The molecule has 0 aromatic carbocycles. The van der Waals surface area contributed by atoms with Gasteiger partial charge in [0.1, 0.15) is 10.7 Å². The molecule has 1 N–H and O–H groups in total. The highest BCUT2D eigenvalue weighted by molar-refractivity contribution is 7.89. The van der Waals surface area contributed by atoms with Crippen molar-refractivity contribution in [1.29, 1.82) is 0 Å². The van der Waals surface area contributed by atoms with Crippen molar-refractivity contribution in [2.45, 2.75) is 31.1 Å².